The van der Waals surface area contributed by atoms with Gasteiger partial charge in [0.25, 0.3) is 0 Å². The van der Waals surface area contributed by atoms with E-state index in [1.807, 2.05) is 6.92 Å². The topological polar surface area (TPSA) is 17.1 Å². The van der Waals surface area contributed by atoms with E-state index in [0.717, 1.165) is 6.42 Å². The molecule has 0 rings (SSSR count). The summed E-state index contributed by atoms with van der Waals surface area (Å²) < 4.78 is 7.94. The van der Waals surface area contributed by atoms with E-state index in [2.05, 4.69) is 35.7 Å². The van der Waals surface area contributed by atoms with Crippen molar-refractivity contribution in [1.82, 2.24) is 0 Å². The molecular formula is C5H10CoO-2. The predicted molar refractivity (Wildman–Crippen MR) is 26.3 cm³/mol. The summed E-state index contributed by atoms with van der Waals surface area (Å²) in [5.74, 6) is 0. The van der Waals surface area contributed by atoms with Gasteiger partial charge in [-0.05, 0) is 0 Å². The maximum absolute atomic E-state index is 7.94. The third kappa shape index (κ3) is 45800. The summed E-state index contributed by atoms with van der Waals surface area (Å²) in [6.45, 7) is 12.5. The van der Waals surface area contributed by atoms with Crippen LogP contribution in [0.25, 0.3) is 0 Å². The SMILES string of the molecule is [CH-]=C.[CH2-]CC.[O]=[Co]. The van der Waals surface area contributed by atoms with Gasteiger partial charge in [-0.3, -0.25) is 6.58 Å². The van der Waals surface area contributed by atoms with Crippen LogP contribution in [-0.2, 0) is 19.5 Å². The summed E-state index contributed by atoms with van der Waals surface area (Å²) in [4.78, 5) is 0. The first-order valence-corrected chi connectivity index (χ1v) is 2.18. The van der Waals surface area contributed by atoms with Crippen LogP contribution in [0.15, 0.2) is 6.58 Å². The zero-order valence-corrected chi connectivity index (χ0v) is 5.48. The van der Waals surface area contributed by atoms with Crippen LogP contribution in [0.3, 0.4) is 0 Å². The average Bonchev–Trinajstić information content (AvgIpc) is 1.78. The molecule has 0 heterocycles. The normalized spacial score (nSPS) is 3.86. The Morgan fingerprint density at radius 1 is 1.71 bits per heavy atom. The first-order chi connectivity index (χ1) is 3.41. The predicted octanol–water partition coefficient (Wildman–Crippen LogP) is 1.71. The van der Waals surface area contributed by atoms with E-state index in [9.17, 15) is 0 Å². The Balaban J connectivity index is -0.0000000360. The Hall–Kier alpha value is 0.0465. The van der Waals surface area contributed by atoms with Gasteiger partial charge in [0.2, 0.25) is 0 Å². The number of rotatable bonds is 0. The molecule has 0 atom stereocenters. The summed E-state index contributed by atoms with van der Waals surface area (Å²) in [5.41, 5.74) is 0. The Morgan fingerprint density at radius 3 is 1.71 bits per heavy atom. The van der Waals surface area contributed by atoms with Crippen LogP contribution in [0.2, 0.25) is 0 Å². The van der Waals surface area contributed by atoms with Gasteiger partial charge in [-0.1, -0.05) is 6.92 Å². The third-order valence-corrected chi connectivity index (χ3v) is 0. The molecule has 0 saturated carbocycles. The molecule has 0 N–H and O–H groups in total. The van der Waals surface area contributed by atoms with Crippen molar-refractivity contribution in [2.24, 2.45) is 0 Å². The molecule has 0 amide bonds. The molecular weight excluding hydrogens is 135 g/mol. The van der Waals surface area contributed by atoms with Crippen molar-refractivity contribution in [2.75, 3.05) is 0 Å². The van der Waals surface area contributed by atoms with Crippen LogP contribution in [0.1, 0.15) is 13.3 Å². The van der Waals surface area contributed by atoms with Crippen LogP contribution in [-0.4, -0.2) is 0 Å². The molecule has 0 aromatic heterocycles. The minimum atomic E-state index is 1.00. The summed E-state index contributed by atoms with van der Waals surface area (Å²) in [6.07, 6.45) is 1.00. The third-order valence-electron chi connectivity index (χ3n) is 0. The van der Waals surface area contributed by atoms with Crippen molar-refractivity contribution >= 4 is 0 Å². The standard InChI is InChI=1S/C3H7.C2H3.Co.O/c1-3-2;1-2;;/h1,3H2,2H3;1H,2H2;;/q2*-1;;. The van der Waals surface area contributed by atoms with E-state index in [0.29, 0.717) is 0 Å². The van der Waals surface area contributed by atoms with Crippen LogP contribution in [0.5, 0.6) is 0 Å². The Morgan fingerprint density at radius 2 is 1.71 bits per heavy atom. The molecule has 0 bridgehead atoms. The summed E-state index contributed by atoms with van der Waals surface area (Å²) in [6, 6.07) is 0. The van der Waals surface area contributed by atoms with Crippen LogP contribution in [0, 0.1) is 13.5 Å². The van der Waals surface area contributed by atoms with Gasteiger partial charge in [0.1, 0.15) is 0 Å². The minimum absolute atomic E-state index is 1.00. The molecule has 1 nitrogen and oxygen atoms in total. The monoisotopic (exact) mass is 145 g/mol. The second-order valence-electron chi connectivity index (χ2n) is 0.500. The maximum atomic E-state index is 7.94. The first-order valence-electron chi connectivity index (χ1n) is 1.75. The van der Waals surface area contributed by atoms with Gasteiger partial charge in [0, 0.05) is 0 Å². The van der Waals surface area contributed by atoms with E-state index in [1.165, 1.54) is 0 Å². The van der Waals surface area contributed by atoms with Crippen molar-refractivity contribution in [1.29, 1.82) is 0 Å². The van der Waals surface area contributed by atoms with Gasteiger partial charge < -0.3 is 13.5 Å². The van der Waals surface area contributed by atoms with Crippen molar-refractivity contribution in [3.8, 4) is 0 Å². The molecule has 47 valence electrons. The summed E-state index contributed by atoms with van der Waals surface area (Å²) in [7, 11) is 0. The van der Waals surface area contributed by atoms with Gasteiger partial charge in [-0.15, -0.1) is 0 Å². The zero-order valence-electron chi connectivity index (χ0n) is 4.44. The molecule has 0 aromatic rings. The molecule has 0 saturated heterocycles. The van der Waals surface area contributed by atoms with E-state index < -0.39 is 0 Å². The fraction of sp³-hybridized carbons (Fsp3) is 0.400. The second-order valence-corrected chi connectivity index (χ2v) is 0.500. The van der Waals surface area contributed by atoms with Crippen LogP contribution in [0.4, 0.5) is 0 Å². The van der Waals surface area contributed by atoms with Gasteiger partial charge in [-0.2, -0.15) is 6.42 Å². The van der Waals surface area contributed by atoms with E-state index in [4.69, 9.17) is 3.87 Å². The molecule has 0 spiro atoms. The van der Waals surface area contributed by atoms with Gasteiger partial charge in [0.15, 0.2) is 0 Å². The van der Waals surface area contributed by atoms with Crippen molar-refractivity contribution < 1.29 is 19.5 Å². The molecule has 0 fully saturated rings. The molecule has 0 aliphatic rings. The van der Waals surface area contributed by atoms with E-state index >= 15 is 0 Å². The van der Waals surface area contributed by atoms with Crippen LogP contribution < -0.4 is 0 Å². The van der Waals surface area contributed by atoms with Crippen molar-refractivity contribution in [3.05, 3.63) is 20.1 Å². The van der Waals surface area contributed by atoms with Crippen molar-refractivity contribution in [2.45, 2.75) is 13.3 Å². The first kappa shape index (κ1) is 15.7. The van der Waals surface area contributed by atoms with Crippen molar-refractivity contribution in [3.63, 3.8) is 0 Å². The molecule has 0 aliphatic heterocycles. The number of hydrogen-bond acceptors (Lipinski definition) is 1. The zero-order chi connectivity index (χ0) is 6.71. The Labute approximate surface area is 53.6 Å². The van der Waals surface area contributed by atoms with Gasteiger partial charge in [-0.25, -0.2) is 0 Å². The average molecular weight is 145 g/mol. The molecule has 0 aromatic carbocycles. The molecule has 2 heteroatoms. The van der Waals surface area contributed by atoms with E-state index in [-0.39, 0.29) is 0 Å². The summed E-state index contributed by atoms with van der Waals surface area (Å²) in [5, 5.41) is 0. The molecule has 0 radical (unpaired) electrons. The number of hydrogen-bond donors (Lipinski definition) is 0. The molecule has 7 heavy (non-hydrogen) atoms. The van der Waals surface area contributed by atoms with E-state index in [1.54, 1.807) is 0 Å². The van der Waals surface area contributed by atoms with Gasteiger partial charge in [0.05, 0.1) is 0 Å². The quantitative estimate of drug-likeness (QED) is 0.474. The molecule has 0 unspecified atom stereocenters. The second kappa shape index (κ2) is 141. The summed E-state index contributed by atoms with van der Waals surface area (Å²) >= 11 is 2.31. The van der Waals surface area contributed by atoms with Crippen LogP contribution >= 0.6 is 0 Å². The fourth-order valence-electron chi connectivity index (χ4n) is 0. The Kier molecular flexibility index (Phi) is 316. The van der Waals surface area contributed by atoms with Gasteiger partial charge >= 0.3 is 19.5 Å². The fourth-order valence-corrected chi connectivity index (χ4v) is 0. The Bertz CT molecular complexity index is 15.6. The molecule has 0 aliphatic carbocycles.